The summed E-state index contributed by atoms with van der Waals surface area (Å²) in [4.78, 5) is 34.8. The molecule has 0 bridgehead atoms. The first-order valence-electron chi connectivity index (χ1n) is 13.5. The normalized spacial score (nSPS) is 17.3. The first-order chi connectivity index (χ1) is 19.0. The van der Waals surface area contributed by atoms with Gasteiger partial charge in [0.2, 0.25) is 0 Å². The SMILES string of the molecule is CC.COCc1c(C(O)C=O)cc2n(c1=O)Cc1c-2nc2cc3c(cc2c1CN1CCN(C)CC1)OCCO3. The highest BCUT2D eigenvalue weighted by Crippen LogP contribution is 2.41. The van der Waals surface area contributed by atoms with Crippen molar-refractivity contribution in [3.63, 3.8) is 0 Å². The first-order valence-corrected chi connectivity index (χ1v) is 13.5. The van der Waals surface area contributed by atoms with Crippen LogP contribution in [0.25, 0.3) is 22.3 Å². The van der Waals surface area contributed by atoms with Crippen molar-refractivity contribution >= 4 is 17.2 Å². The lowest BCUT2D eigenvalue weighted by Crippen LogP contribution is -2.44. The van der Waals surface area contributed by atoms with Crippen molar-refractivity contribution in [1.29, 1.82) is 0 Å². The number of rotatable bonds is 6. The van der Waals surface area contributed by atoms with Crippen molar-refractivity contribution in [2.75, 3.05) is 53.6 Å². The van der Waals surface area contributed by atoms with E-state index in [2.05, 4.69) is 16.8 Å². The maximum Gasteiger partial charge on any atom is 0.257 e. The molecule has 39 heavy (non-hydrogen) atoms. The molecule has 5 heterocycles. The summed E-state index contributed by atoms with van der Waals surface area (Å²) in [6, 6.07) is 5.61. The van der Waals surface area contributed by atoms with Gasteiger partial charge in [0.25, 0.3) is 5.56 Å². The molecule has 0 spiro atoms. The highest BCUT2D eigenvalue weighted by atomic mass is 16.6. The number of aldehydes is 1. The van der Waals surface area contributed by atoms with E-state index in [1.54, 1.807) is 10.6 Å². The van der Waals surface area contributed by atoms with Gasteiger partial charge in [0, 0.05) is 68.0 Å². The van der Waals surface area contributed by atoms with Crippen molar-refractivity contribution in [1.82, 2.24) is 19.4 Å². The van der Waals surface area contributed by atoms with Gasteiger partial charge < -0.3 is 33.6 Å². The highest BCUT2D eigenvalue weighted by molar-refractivity contribution is 5.90. The number of aromatic nitrogens is 2. The van der Waals surface area contributed by atoms with Gasteiger partial charge in [-0.1, -0.05) is 13.8 Å². The van der Waals surface area contributed by atoms with Crippen molar-refractivity contribution in [2.24, 2.45) is 0 Å². The fourth-order valence-electron chi connectivity index (χ4n) is 5.54. The number of methoxy groups -OCH3 is 1. The number of likely N-dealkylation sites (N-methyl/N-ethyl adjacent to an activating group) is 1. The van der Waals surface area contributed by atoms with E-state index >= 15 is 0 Å². The maximum absolute atomic E-state index is 13.6. The van der Waals surface area contributed by atoms with Crippen LogP contribution in [-0.2, 0) is 29.2 Å². The van der Waals surface area contributed by atoms with Gasteiger partial charge in [-0.05, 0) is 24.7 Å². The Morgan fingerprint density at radius 3 is 2.44 bits per heavy atom. The predicted molar refractivity (Wildman–Crippen MR) is 147 cm³/mol. The molecule has 1 N–H and O–H groups in total. The molecule has 3 aromatic rings. The van der Waals surface area contributed by atoms with Gasteiger partial charge in [-0.25, -0.2) is 4.98 Å². The Hall–Kier alpha value is -3.31. The number of carbonyl (C=O) groups excluding carboxylic acids is 1. The number of hydrogen-bond donors (Lipinski definition) is 1. The number of nitrogens with zero attached hydrogens (tertiary/aromatic N) is 4. The van der Waals surface area contributed by atoms with Crippen LogP contribution in [-0.4, -0.2) is 84.3 Å². The molecular weight excluding hydrogens is 500 g/mol. The third-order valence-electron chi connectivity index (χ3n) is 7.58. The lowest BCUT2D eigenvalue weighted by molar-refractivity contribution is -0.115. The standard InChI is InChI=1S/C27H30N4O6.C2H6/c1-29-3-5-30(6-4-29)12-18-16-10-24-25(37-8-7-36-24)11-21(16)28-26-19(18)13-31-22(26)9-17(23(33)14-32)20(15-35-2)27(31)34;1-2/h9-11,14,23,33H,3-8,12-13,15H2,1-2H3;1-2H3. The molecule has 0 aliphatic carbocycles. The van der Waals surface area contributed by atoms with Gasteiger partial charge >= 0.3 is 0 Å². The smallest absolute Gasteiger partial charge is 0.257 e. The van der Waals surface area contributed by atoms with Crippen LogP contribution in [0.4, 0.5) is 0 Å². The number of aliphatic hydroxyl groups is 1. The molecule has 1 fully saturated rings. The van der Waals surface area contributed by atoms with Gasteiger partial charge in [0.05, 0.1) is 30.1 Å². The Balaban J connectivity index is 0.00000151. The summed E-state index contributed by atoms with van der Waals surface area (Å²) >= 11 is 0. The van der Waals surface area contributed by atoms with E-state index in [9.17, 15) is 14.7 Å². The second-order valence-electron chi connectivity index (χ2n) is 9.88. The second kappa shape index (κ2) is 11.4. The molecule has 6 rings (SSSR count). The lowest BCUT2D eigenvalue weighted by atomic mass is 9.98. The maximum atomic E-state index is 13.6. The van der Waals surface area contributed by atoms with Crippen molar-refractivity contribution in [2.45, 2.75) is 39.6 Å². The van der Waals surface area contributed by atoms with Gasteiger partial charge in [0.15, 0.2) is 17.8 Å². The predicted octanol–water partition coefficient (Wildman–Crippen LogP) is 2.35. The molecule has 2 aromatic heterocycles. The van der Waals surface area contributed by atoms with E-state index in [0.29, 0.717) is 55.5 Å². The van der Waals surface area contributed by atoms with Crippen LogP contribution in [0.2, 0.25) is 0 Å². The minimum absolute atomic E-state index is 0.000641. The molecule has 1 aromatic carbocycles. The number of carbonyl (C=O) groups is 1. The van der Waals surface area contributed by atoms with Crippen LogP contribution in [0, 0.1) is 0 Å². The molecule has 10 heteroatoms. The zero-order chi connectivity index (χ0) is 27.7. The van der Waals surface area contributed by atoms with Crippen molar-refractivity contribution < 1.29 is 24.1 Å². The van der Waals surface area contributed by atoms with Gasteiger partial charge in [-0.2, -0.15) is 0 Å². The number of aliphatic hydroxyl groups excluding tert-OH is 1. The van der Waals surface area contributed by atoms with E-state index in [-0.39, 0.29) is 23.3 Å². The summed E-state index contributed by atoms with van der Waals surface area (Å²) in [5.41, 5.74) is 4.37. The van der Waals surface area contributed by atoms with Gasteiger partial charge in [0.1, 0.15) is 19.3 Å². The molecule has 208 valence electrons. The number of ether oxygens (including phenoxy) is 3. The van der Waals surface area contributed by atoms with Gasteiger partial charge in [-0.3, -0.25) is 9.69 Å². The minimum atomic E-state index is -1.42. The number of fused-ring (bicyclic) bond motifs is 5. The summed E-state index contributed by atoms with van der Waals surface area (Å²) < 4.78 is 18.6. The number of piperazine rings is 1. The monoisotopic (exact) mass is 536 g/mol. The number of benzene rings is 1. The van der Waals surface area contributed by atoms with Gasteiger partial charge in [-0.15, -0.1) is 0 Å². The van der Waals surface area contributed by atoms with E-state index in [1.807, 2.05) is 26.0 Å². The Morgan fingerprint density at radius 1 is 1.08 bits per heavy atom. The Bertz CT molecular complexity index is 1440. The van der Waals surface area contributed by atoms with Crippen LogP contribution >= 0.6 is 0 Å². The van der Waals surface area contributed by atoms with Crippen LogP contribution in [0.15, 0.2) is 23.0 Å². The topological polar surface area (TPSA) is 106 Å². The third kappa shape index (κ3) is 4.93. The summed E-state index contributed by atoms with van der Waals surface area (Å²) in [7, 11) is 3.62. The van der Waals surface area contributed by atoms with Crippen molar-refractivity contribution in [3.8, 4) is 22.9 Å². The fraction of sp³-hybridized carbons (Fsp3) is 0.483. The summed E-state index contributed by atoms with van der Waals surface area (Å²) in [6.45, 7) is 9.92. The minimum Gasteiger partial charge on any atom is -0.486 e. The van der Waals surface area contributed by atoms with Crippen molar-refractivity contribution in [3.05, 3.63) is 50.8 Å². The molecule has 0 saturated carbocycles. The average Bonchev–Trinajstić information content (AvgIpc) is 3.33. The van der Waals surface area contributed by atoms with Crippen LogP contribution in [0.5, 0.6) is 11.5 Å². The van der Waals surface area contributed by atoms with Crippen LogP contribution in [0.1, 0.15) is 42.2 Å². The van der Waals surface area contributed by atoms with Crippen LogP contribution in [0.3, 0.4) is 0 Å². The van der Waals surface area contributed by atoms with E-state index < -0.39 is 6.10 Å². The van der Waals surface area contributed by atoms with E-state index in [4.69, 9.17) is 19.2 Å². The average molecular weight is 537 g/mol. The molecule has 10 nitrogen and oxygen atoms in total. The highest BCUT2D eigenvalue weighted by Gasteiger charge is 2.31. The zero-order valence-electron chi connectivity index (χ0n) is 23.0. The Morgan fingerprint density at radius 2 is 1.77 bits per heavy atom. The number of pyridine rings is 2. The molecule has 3 aliphatic rings. The molecule has 1 atom stereocenters. The van der Waals surface area contributed by atoms with E-state index in [1.165, 1.54) is 7.11 Å². The first kappa shape index (κ1) is 27.3. The molecule has 0 radical (unpaired) electrons. The zero-order valence-corrected chi connectivity index (χ0v) is 23.0. The lowest BCUT2D eigenvalue weighted by Gasteiger charge is -2.33. The van der Waals surface area contributed by atoms with E-state index in [0.717, 1.165) is 48.2 Å². The summed E-state index contributed by atoms with van der Waals surface area (Å²) in [6.07, 6.45) is -0.993. The van der Waals surface area contributed by atoms with Crippen LogP contribution < -0.4 is 15.0 Å². The molecular formula is C29H36N4O6. The largest absolute Gasteiger partial charge is 0.486 e. The molecule has 0 amide bonds. The molecule has 3 aliphatic heterocycles. The summed E-state index contributed by atoms with van der Waals surface area (Å²) in [5, 5.41) is 11.4. The second-order valence-corrected chi connectivity index (χ2v) is 9.88. The number of hydrogen-bond acceptors (Lipinski definition) is 9. The fourth-order valence-corrected chi connectivity index (χ4v) is 5.54. The third-order valence-corrected chi connectivity index (χ3v) is 7.58. The molecule has 1 unspecified atom stereocenters. The Labute approximate surface area is 227 Å². The quantitative estimate of drug-likeness (QED) is 0.372. The Kier molecular flexibility index (Phi) is 7.99. The summed E-state index contributed by atoms with van der Waals surface area (Å²) in [5.74, 6) is 1.35. The molecule has 1 saturated heterocycles.